The number of hydrogen-bond acceptors (Lipinski definition) is 3. The number of piperidine rings is 1. The summed E-state index contributed by atoms with van der Waals surface area (Å²) in [5, 5.41) is 3.18. The van der Waals surface area contributed by atoms with E-state index in [1.807, 2.05) is 24.4 Å². The molecule has 0 aliphatic carbocycles. The second-order valence-electron chi connectivity index (χ2n) is 7.21. The minimum atomic E-state index is 0.0575. The highest BCUT2D eigenvalue weighted by Gasteiger charge is 2.29. The zero-order valence-corrected chi connectivity index (χ0v) is 14.8. The molecule has 1 saturated heterocycles. The van der Waals surface area contributed by atoms with E-state index >= 15 is 0 Å². The Morgan fingerprint density at radius 2 is 2.30 bits per heavy atom. The Balaban J connectivity index is 1.76. The van der Waals surface area contributed by atoms with Gasteiger partial charge in [-0.15, -0.1) is 0 Å². The molecule has 1 atom stereocenters. The van der Waals surface area contributed by atoms with Crippen LogP contribution in [0.5, 0.6) is 0 Å². The number of nitrogens with one attached hydrogen (secondary N) is 1. The summed E-state index contributed by atoms with van der Waals surface area (Å²) in [6.07, 6.45) is 5.29. The first kappa shape index (κ1) is 17.7. The summed E-state index contributed by atoms with van der Waals surface area (Å²) in [5.41, 5.74) is 7.12. The second-order valence-corrected chi connectivity index (χ2v) is 7.21. The maximum atomic E-state index is 6.00. The summed E-state index contributed by atoms with van der Waals surface area (Å²) in [4.78, 5) is 11.4. The molecule has 0 amide bonds. The third kappa shape index (κ3) is 5.82. The molecule has 5 nitrogen and oxygen atoms in total. The van der Waals surface area contributed by atoms with Gasteiger partial charge in [-0.1, -0.05) is 13.0 Å². The molecule has 3 N–H and O–H groups in total. The third-order valence-electron chi connectivity index (χ3n) is 4.56. The van der Waals surface area contributed by atoms with Gasteiger partial charge in [0.15, 0.2) is 5.96 Å². The summed E-state index contributed by atoms with van der Waals surface area (Å²) >= 11 is 0. The predicted molar refractivity (Wildman–Crippen MR) is 96.5 cm³/mol. The fourth-order valence-corrected chi connectivity index (χ4v) is 3.04. The van der Waals surface area contributed by atoms with E-state index < -0.39 is 0 Å². The van der Waals surface area contributed by atoms with Crippen molar-refractivity contribution in [3.05, 3.63) is 30.1 Å². The van der Waals surface area contributed by atoms with Crippen molar-refractivity contribution in [2.24, 2.45) is 16.6 Å². The molecule has 0 spiro atoms. The Hall–Kier alpha value is -1.62. The van der Waals surface area contributed by atoms with Gasteiger partial charge in [0.2, 0.25) is 0 Å². The van der Waals surface area contributed by atoms with E-state index in [2.05, 4.69) is 41.0 Å². The molecule has 0 aromatic carbocycles. The Bertz CT molecular complexity index is 497. The first-order valence-electron chi connectivity index (χ1n) is 8.66. The maximum Gasteiger partial charge on any atom is 0.188 e. The van der Waals surface area contributed by atoms with E-state index in [4.69, 9.17) is 5.73 Å². The zero-order valence-electron chi connectivity index (χ0n) is 14.8. The van der Waals surface area contributed by atoms with Gasteiger partial charge < -0.3 is 11.1 Å². The van der Waals surface area contributed by atoms with Crippen LogP contribution in [0.15, 0.2) is 29.4 Å². The van der Waals surface area contributed by atoms with Crippen LogP contribution >= 0.6 is 0 Å². The van der Waals surface area contributed by atoms with Crippen molar-refractivity contribution in [3.8, 4) is 0 Å². The predicted octanol–water partition coefficient (Wildman–Crippen LogP) is 2.04. The van der Waals surface area contributed by atoms with Crippen LogP contribution in [-0.2, 0) is 6.42 Å². The zero-order chi connectivity index (χ0) is 16.7. The lowest BCUT2D eigenvalue weighted by Crippen LogP contribution is -2.51. The molecule has 1 aliphatic heterocycles. The average molecular weight is 317 g/mol. The molecule has 0 saturated carbocycles. The molecular formula is C18H31N5. The number of nitrogens with two attached hydrogens (primary N) is 1. The van der Waals surface area contributed by atoms with Crippen LogP contribution < -0.4 is 11.1 Å². The standard InChI is InChI=1S/C18H31N5/c1-15-7-6-12-23(13-15)18(2,3)14-22-17(19)21-11-9-16-8-4-5-10-20-16/h4-5,8,10,15H,6-7,9,11-14H2,1-3H3,(H3,19,21,22). The van der Waals surface area contributed by atoms with Gasteiger partial charge in [-0.05, 0) is 51.3 Å². The number of pyridine rings is 1. The van der Waals surface area contributed by atoms with Crippen LogP contribution in [0, 0.1) is 5.92 Å². The van der Waals surface area contributed by atoms with Crippen molar-refractivity contribution in [3.63, 3.8) is 0 Å². The van der Waals surface area contributed by atoms with Gasteiger partial charge in [-0.25, -0.2) is 0 Å². The third-order valence-corrected chi connectivity index (χ3v) is 4.56. The Kier molecular flexibility index (Phi) is 6.39. The summed E-state index contributed by atoms with van der Waals surface area (Å²) in [6, 6.07) is 5.95. The Morgan fingerprint density at radius 1 is 1.48 bits per heavy atom. The van der Waals surface area contributed by atoms with Gasteiger partial charge in [-0.3, -0.25) is 14.9 Å². The lowest BCUT2D eigenvalue weighted by molar-refractivity contribution is 0.0775. The number of aliphatic imine (C=N–C) groups is 1. The molecule has 23 heavy (non-hydrogen) atoms. The Labute approximate surface area is 140 Å². The monoisotopic (exact) mass is 317 g/mol. The maximum absolute atomic E-state index is 6.00. The molecule has 1 fully saturated rings. The molecule has 0 bridgehead atoms. The molecule has 1 aliphatic rings. The number of rotatable bonds is 6. The number of likely N-dealkylation sites (tertiary alicyclic amines) is 1. The van der Waals surface area contributed by atoms with Crippen molar-refractivity contribution < 1.29 is 0 Å². The lowest BCUT2D eigenvalue weighted by Gasteiger charge is -2.42. The summed E-state index contributed by atoms with van der Waals surface area (Å²) in [6.45, 7) is 10.7. The summed E-state index contributed by atoms with van der Waals surface area (Å²) < 4.78 is 0. The molecule has 5 heteroatoms. The largest absolute Gasteiger partial charge is 0.370 e. The van der Waals surface area contributed by atoms with E-state index in [1.165, 1.54) is 19.4 Å². The number of aromatic nitrogens is 1. The van der Waals surface area contributed by atoms with E-state index in [-0.39, 0.29) is 5.54 Å². The summed E-state index contributed by atoms with van der Waals surface area (Å²) in [5.74, 6) is 1.31. The second kappa shape index (κ2) is 8.29. The first-order valence-corrected chi connectivity index (χ1v) is 8.66. The number of hydrogen-bond donors (Lipinski definition) is 2. The van der Waals surface area contributed by atoms with E-state index in [1.54, 1.807) is 0 Å². The topological polar surface area (TPSA) is 66.5 Å². The lowest BCUT2D eigenvalue weighted by atomic mass is 9.94. The van der Waals surface area contributed by atoms with Crippen molar-refractivity contribution >= 4 is 5.96 Å². The van der Waals surface area contributed by atoms with Gasteiger partial charge in [0.1, 0.15) is 0 Å². The minimum Gasteiger partial charge on any atom is -0.370 e. The van der Waals surface area contributed by atoms with Gasteiger partial charge >= 0.3 is 0 Å². The van der Waals surface area contributed by atoms with E-state index in [0.29, 0.717) is 5.96 Å². The molecule has 1 aromatic heterocycles. The van der Waals surface area contributed by atoms with E-state index in [9.17, 15) is 0 Å². The quantitative estimate of drug-likeness (QED) is 0.622. The van der Waals surface area contributed by atoms with Gasteiger partial charge in [-0.2, -0.15) is 0 Å². The average Bonchev–Trinajstić information content (AvgIpc) is 2.54. The first-order chi connectivity index (χ1) is 11.0. The highest BCUT2D eigenvalue weighted by Crippen LogP contribution is 2.23. The molecule has 2 heterocycles. The fraction of sp³-hybridized carbons (Fsp3) is 0.667. The van der Waals surface area contributed by atoms with E-state index in [0.717, 1.165) is 37.7 Å². The van der Waals surface area contributed by atoms with Crippen LogP contribution in [0.1, 0.15) is 39.3 Å². The van der Waals surface area contributed by atoms with Crippen molar-refractivity contribution in [1.82, 2.24) is 15.2 Å². The normalized spacial score (nSPS) is 20.5. The Morgan fingerprint density at radius 3 is 3.00 bits per heavy atom. The number of nitrogens with zero attached hydrogens (tertiary/aromatic N) is 3. The van der Waals surface area contributed by atoms with Crippen molar-refractivity contribution in [1.29, 1.82) is 0 Å². The fourth-order valence-electron chi connectivity index (χ4n) is 3.04. The SMILES string of the molecule is CC1CCCN(C(C)(C)CN=C(N)NCCc2ccccn2)C1. The molecule has 1 unspecified atom stereocenters. The highest BCUT2D eigenvalue weighted by molar-refractivity contribution is 5.77. The van der Waals surface area contributed by atoms with Crippen LogP contribution in [0.2, 0.25) is 0 Å². The molecular weight excluding hydrogens is 286 g/mol. The van der Waals surface area contributed by atoms with Crippen LogP contribution in [-0.4, -0.2) is 47.6 Å². The van der Waals surface area contributed by atoms with Crippen LogP contribution in [0.3, 0.4) is 0 Å². The highest BCUT2D eigenvalue weighted by atomic mass is 15.2. The molecule has 0 radical (unpaired) electrons. The number of guanidine groups is 1. The van der Waals surface area contributed by atoms with Gasteiger partial charge in [0.25, 0.3) is 0 Å². The molecule has 1 aromatic rings. The van der Waals surface area contributed by atoms with Crippen LogP contribution in [0.25, 0.3) is 0 Å². The van der Waals surface area contributed by atoms with Gasteiger partial charge in [0, 0.05) is 36.9 Å². The van der Waals surface area contributed by atoms with Crippen LogP contribution in [0.4, 0.5) is 0 Å². The van der Waals surface area contributed by atoms with Gasteiger partial charge in [0.05, 0.1) is 6.54 Å². The minimum absolute atomic E-state index is 0.0575. The van der Waals surface area contributed by atoms with Crippen molar-refractivity contribution in [2.45, 2.75) is 45.6 Å². The smallest absolute Gasteiger partial charge is 0.188 e. The van der Waals surface area contributed by atoms with Crippen molar-refractivity contribution in [2.75, 3.05) is 26.2 Å². The molecule has 2 rings (SSSR count). The molecule has 128 valence electrons. The summed E-state index contributed by atoms with van der Waals surface area (Å²) in [7, 11) is 0.